The Morgan fingerprint density at radius 1 is 0.879 bits per heavy atom. The van der Waals surface area contributed by atoms with Crippen molar-refractivity contribution < 1.29 is 19.4 Å². The van der Waals surface area contributed by atoms with Crippen LogP contribution < -0.4 is 14.4 Å². The van der Waals surface area contributed by atoms with Crippen LogP contribution in [-0.4, -0.2) is 29.4 Å². The molecule has 1 N–H and O–H groups in total. The Bertz CT molecular complexity index is 1170. The minimum Gasteiger partial charge on any atom is -0.508 e. The van der Waals surface area contributed by atoms with Gasteiger partial charge < -0.3 is 14.6 Å². The van der Waals surface area contributed by atoms with Crippen molar-refractivity contribution in [3.8, 4) is 17.2 Å². The van der Waals surface area contributed by atoms with Crippen LogP contribution >= 0.6 is 11.8 Å². The van der Waals surface area contributed by atoms with E-state index < -0.39 is 0 Å². The van der Waals surface area contributed by atoms with Crippen LogP contribution in [0.1, 0.15) is 19.4 Å². The molecule has 0 aliphatic carbocycles. The number of phenolic OH excluding ortho intramolecular Hbond substituents is 1. The molecule has 0 spiro atoms. The van der Waals surface area contributed by atoms with Gasteiger partial charge in [0.1, 0.15) is 17.2 Å². The first-order chi connectivity index (χ1) is 16.1. The Hall–Kier alpha value is -3.71. The molecule has 1 saturated heterocycles. The first kappa shape index (κ1) is 22.5. The SMILES string of the molecule is CCOc1ccc(N=C2SC(=Cc3ccc(O)cc3)C(=O)N2c2ccc(OCC)cc2)cc1. The smallest absolute Gasteiger partial charge is 0.271 e. The molecule has 3 aromatic carbocycles. The van der Waals surface area contributed by atoms with Gasteiger partial charge >= 0.3 is 0 Å². The predicted octanol–water partition coefficient (Wildman–Crippen LogP) is 6.00. The molecule has 3 aromatic rings. The van der Waals surface area contributed by atoms with Crippen LogP contribution in [0.4, 0.5) is 11.4 Å². The van der Waals surface area contributed by atoms with Crippen LogP contribution in [0.5, 0.6) is 17.2 Å². The van der Waals surface area contributed by atoms with E-state index in [1.54, 1.807) is 35.2 Å². The van der Waals surface area contributed by atoms with Gasteiger partial charge in [-0.3, -0.25) is 9.69 Å². The number of benzene rings is 3. The highest BCUT2D eigenvalue weighted by atomic mass is 32.2. The van der Waals surface area contributed by atoms with E-state index in [-0.39, 0.29) is 11.7 Å². The van der Waals surface area contributed by atoms with Gasteiger partial charge in [0, 0.05) is 0 Å². The Kier molecular flexibility index (Phi) is 7.00. The van der Waals surface area contributed by atoms with E-state index in [1.807, 2.05) is 62.4 Å². The number of aliphatic imine (C=N–C) groups is 1. The van der Waals surface area contributed by atoms with Crippen LogP contribution in [-0.2, 0) is 4.79 Å². The number of thioether (sulfide) groups is 1. The zero-order chi connectivity index (χ0) is 23.2. The molecule has 0 bridgehead atoms. The van der Waals surface area contributed by atoms with Gasteiger partial charge in [0.15, 0.2) is 5.17 Å². The maximum absolute atomic E-state index is 13.4. The summed E-state index contributed by atoms with van der Waals surface area (Å²) in [5.74, 6) is 1.52. The molecule has 1 heterocycles. The summed E-state index contributed by atoms with van der Waals surface area (Å²) in [6, 6.07) is 21.5. The molecule has 4 rings (SSSR count). The topological polar surface area (TPSA) is 71.4 Å². The number of aromatic hydroxyl groups is 1. The van der Waals surface area contributed by atoms with Gasteiger partial charge in [-0.1, -0.05) is 12.1 Å². The lowest BCUT2D eigenvalue weighted by Crippen LogP contribution is -2.28. The lowest BCUT2D eigenvalue weighted by Gasteiger charge is -2.16. The van der Waals surface area contributed by atoms with Gasteiger partial charge in [0.2, 0.25) is 0 Å². The molecule has 1 aliphatic rings. The highest BCUT2D eigenvalue weighted by Gasteiger charge is 2.34. The molecular weight excluding hydrogens is 436 g/mol. The maximum Gasteiger partial charge on any atom is 0.271 e. The summed E-state index contributed by atoms with van der Waals surface area (Å²) in [7, 11) is 0. The van der Waals surface area contributed by atoms with Gasteiger partial charge in [-0.25, -0.2) is 4.99 Å². The Labute approximate surface area is 197 Å². The number of carbonyl (C=O) groups excluding carboxylic acids is 1. The summed E-state index contributed by atoms with van der Waals surface area (Å²) in [6.07, 6.45) is 1.80. The minimum atomic E-state index is -0.165. The number of hydrogen-bond donors (Lipinski definition) is 1. The number of hydrogen-bond acceptors (Lipinski definition) is 6. The van der Waals surface area contributed by atoms with E-state index >= 15 is 0 Å². The van der Waals surface area contributed by atoms with Crippen LogP contribution in [0.2, 0.25) is 0 Å². The lowest BCUT2D eigenvalue weighted by atomic mass is 10.2. The lowest BCUT2D eigenvalue weighted by molar-refractivity contribution is -0.113. The second-order valence-corrected chi connectivity index (χ2v) is 8.10. The quantitative estimate of drug-likeness (QED) is 0.438. The van der Waals surface area contributed by atoms with E-state index in [0.29, 0.717) is 29.0 Å². The molecular formula is C26H24N2O4S. The van der Waals surface area contributed by atoms with Crippen LogP contribution in [0.3, 0.4) is 0 Å². The molecule has 0 unspecified atom stereocenters. The van der Waals surface area contributed by atoms with Crippen molar-refractivity contribution in [2.45, 2.75) is 13.8 Å². The summed E-state index contributed by atoms with van der Waals surface area (Å²) >= 11 is 1.31. The van der Waals surface area contributed by atoms with Gasteiger partial charge in [-0.05, 0) is 97.9 Å². The summed E-state index contributed by atoms with van der Waals surface area (Å²) < 4.78 is 11.0. The molecule has 6 nitrogen and oxygen atoms in total. The highest BCUT2D eigenvalue weighted by molar-refractivity contribution is 8.19. The number of ether oxygens (including phenoxy) is 2. The Balaban J connectivity index is 1.70. The normalized spacial score (nSPS) is 15.9. The Morgan fingerprint density at radius 3 is 2.03 bits per heavy atom. The highest BCUT2D eigenvalue weighted by Crippen LogP contribution is 2.38. The van der Waals surface area contributed by atoms with Crippen molar-refractivity contribution in [3.05, 3.63) is 83.3 Å². The fourth-order valence-corrected chi connectivity index (χ4v) is 4.25. The van der Waals surface area contributed by atoms with Crippen LogP contribution in [0.15, 0.2) is 82.7 Å². The fraction of sp³-hybridized carbons (Fsp3) is 0.154. The largest absolute Gasteiger partial charge is 0.508 e. The third-order valence-electron chi connectivity index (χ3n) is 4.78. The van der Waals surface area contributed by atoms with Crippen molar-refractivity contribution in [3.63, 3.8) is 0 Å². The van der Waals surface area contributed by atoms with Crippen molar-refractivity contribution in [1.82, 2.24) is 0 Å². The van der Waals surface area contributed by atoms with E-state index in [1.165, 1.54) is 11.8 Å². The summed E-state index contributed by atoms with van der Waals surface area (Å²) in [5.41, 5.74) is 2.24. The second kappa shape index (κ2) is 10.3. The van der Waals surface area contributed by atoms with Crippen molar-refractivity contribution in [1.29, 1.82) is 0 Å². The number of amidine groups is 1. The number of amides is 1. The summed E-state index contributed by atoms with van der Waals surface area (Å²) in [6.45, 7) is 5.03. The molecule has 0 atom stereocenters. The molecule has 0 saturated carbocycles. The third-order valence-corrected chi connectivity index (χ3v) is 5.74. The molecule has 0 radical (unpaired) electrons. The molecule has 168 valence electrons. The fourth-order valence-electron chi connectivity index (χ4n) is 3.25. The monoisotopic (exact) mass is 460 g/mol. The number of anilines is 1. The Morgan fingerprint density at radius 2 is 1.45 bits per heavy atom. The molecule has 0 aromatic heterocycles. The van der Waals surface area contributed by atoms with Crippen molar-refractivity contribution in [2.75, 3.05) is 18.1 Å². The zero-order valence-corrected chi connectivity index (χ0v) is 19.2. The summed E-state index contributed by atoms with van der Waals surface area (Å²) in [5, 5.41) is 10.1. The van der Waals surface area contributed by atoms with E-state index in [2.05, 4.69) is 0 Å². The van der Waals surface area contributed by atoms with Crippen LogP contribution in [0, 0.1) is 0 Å². The van der Waals surface area contributed by atoms with Gasteiger partial charge in [0.25, 0.3) is 5.91 Å². The van der Waals surface area contributed by atoms with Crippen LogP contribution in [0.25, 0.3) is 6.08 Å². The number of carbonyl (C=O) groups is 1. The van der Waals surface area contributed by atoms with E-state index in [9.17, 15) is 9.90 Å². The molecule has 33 heavy (non-hydrogen) atoms. The third kappa shape index (κ3) is 5.38. The summed E-state index contributed by atoms with van der Waals surface area (Å²) in [4.78, 5) is 20.3. The van der Waals surface area contributed by atoms with Gasteiger partial charge in [-0.15, -0.1) is 0 Å². The van der Waals surface area contributed by atoms with Gasteiger partial charge in [-0.2, -0.15) is 0 Å². The molecule has 1 amide bonds. The van der Waals surface area contributed by atoms with E-state index in [4.69, 9.17) is 14.5 Å². The van der Waals surface area contributed by atoms with Gasteiger partial charge in [0.05, 0.1) is 29.5 Å². The molecule has 1 fully saturated rings. The number of nitrogens with zero attached hydrogens (tertiary/aromatic N) is 2. The number of rotatable bonds is 7. The van der Waals surface area contributed by atoms with Crippen molar-refractivity contribution in [2.24, 2.45) is 4.99 Å². The predicted molar refractivity (Wildman–Crippen MR) is 133 cm³/mol. The van der Waals surface area contributed by atoms with E-state index in [0.717, 1.165) is 22.7 Å². The first-order valence-corrected chi connectivity index (χ1v) is 11.5. The average Bonchev–Trinajstić information content (AvgIpc) is 3.12. The standard InChI is InChI=1S/C26H24N2O4S/c1-3-31-22-13-7-19(8-14-22)27-26-28(20-9-15-23(16-10-20)32-4-2)25(30)24(33-26)17-18-5-11-21(29)12-6-18/h5-17,29H,3-4H2,1-2H3. The average molecular weight is 461 g/mol. The minimum absolute atomic E-state index is 0.165. The first-order valence-electron chi connectivity index (χ1n) is 10.6. The second-order valence-electron chi connectivity index (χ2n) is 7.09. The molecule has 1 aliphatic heterocycles. The van der Waals surface area contributed by atoms with Crippen molar-refractivity contribution >= 4 is 40.3 Å². The zero-order valence-electron chi connectivity index (χ0n) is 18.4. The maximum atomic E-state index is 13.4. The molecule has 7 heteroatoms. The number of phenols is 1.